The van der Waals surface area contributed by atoms with Gasteiger partial charge in [-0.1, -0.05) is 121 Å². The third kappa shape index (κ3) is 5.47. The Morgan fingerprint density at radius 1 is 0.615 bits per heavy atom. The third-order valence-electron chi connectivity index (χ3n) is 7.06. The van der Waals surface area contributed by atoms with Crippen LogP contribution in [-0.2, 0) is 6.42 Å². The first-order valence-electron chi connectivity index (χ1n) is 13.5. The van der Waals surface area contributed by atoms with Crippen LogP contribution in [0.1, 0.15) is 18.1 Å². The molecule has 2 N–H and O–H groups in total. The smallest absolute Gasteiger partial charge is 0.0541 e. The summed E-state index contributed by atoms with van der Waals surface area (Å²) in [5, 5.41) is 2.57. The Kier molecular flexibility index (Phi) is 8.16. The summed E-state index contributed by atoms with van der Waals surface area (Å²) < 4.78 is 2.36. The number of hydrogen-bond donors (Lipinski definition) is 1. The monoisotopic (exact) mass is 506 g/mol. The minimum Gasteiger partial charge on any atom is -0.333 e. The first-order chi connectivity index (χ1) is 19.3. The van der Waals surface area contributed by atoms with E-state index in [-0.39, 0.29) is 0 Å². The molecule has 0 atom stereocenters. The van der Waals surface area contributed by atoms with Gasteiger partial charge in [-0.05, 0) is 72.5 Å². The number of para-hydroxylation sites is 2. The molecule has 0 unspecified atom stereocenters. The van der Waals surface area contributed by atoms with Gasteiger partial charge in [0.25, 0.3) is 0 Å². The lowest BCUT2D eigenvalue weighted by Crippen LogP contribution is -1.93. The van der Waals surface area contributed by atoms with Crippen LogP contribution in [0.25, 0.3) is 44.2 Å². The highest BCUT2D eigenvalue weighted by Gasteiger charge is 2.11. The van der Waals surface area contributed by atoms with Crippen LogP contribution in [0.3, 0.4) is 0 Å². The molecule has 6 aromatic rings. The van der Waals surface area contributed by atoms with E-state index in [1.165, 1.54) is 62.4 Å². The zero-order valence-electron chi connectivity index (χ0n) is 22.6. The fourth-order valence-corrected chi connectivity index (χ4v) is 5.15. The van der Waals surface area contributed by atoms with Gasteiger partial charge in [0, 0.05) is 16.5 Å². The zero-order chi connectivity index (χ0) is 27.0. The second kappa shape index (κ2) is 12.3. The van der Waals surface area contributed by atoms with Crippen molar-refractivity contribution < 1.29 is 0 Å². The first-order valence-corrected chi connectivity index (χ1v) is 13.5. The molecule has 0 aliphatic rings. The minimum absolute atomic E-state index is 0.939. The van der Waals surface area contributed by atoms with Crippen LogP contribution >= 0.6 is 0 Å². The molecular formula is C37H34N2. The van der Waals surface area contributed by atoms with Gasteiger partial charge in [0.1, 0.15) is 0 Å². The van der Waals surface area contributed by atoms with Crippen LogP contribution in [0.2, 0.25) is 0 Å². The average molecular weight is 507 g/mol. The van der Waals surface area contributed by atoms with Crippen molar-refractivity contribution in [2.24, 2.45) is 5.73 Å². The Balaban J connectivity index is 0.00000151. The largest absolute Gasteiger partial charge is 0.333 e. The molecule has 0 amide bonds. The number of benzene rings is 5. The van der Waals surface area contributed by atoms with E-state index in [9.17, 15) is 0 Å². The fraction of sp³-hybridized carbons (Fsp3) is 0.0811. The maximum atomic E-state index is 4.50. The van der Waals surface area contributed by atoms with E-state index in [1.807, 2.05) is 0 Å². The van der Waals surface area contributed by atoms with Gasteiger partial charge in [0.2, 0.25) is 0 Å². The molecule has 0 fully saturated rings. The zero-order valence-corrected chi connectivity index (χ0v) is 22.6. The van der Waals surface area contributed by atoms with Crippen molar-refractivity contribution >= 4 is 27.4 Å². The van der Waals surface area contributed by atoms with Gasteiger partial charge >= 0.3 is 0 Å². The van der Waals surface area contributed by atoms with Crippen molar-refractivity contribution in [2.45, 2.75) is 13.3 Å². The molecule has 0 saturated heterocycles. The summed E-state index contributed by atoms with van der Waals surface area (Å²) in [7, 11) is 1.50. The Hall–Kier alpha value is -4.66. The van der Waals surface area contributed by atoms with Crippen LogP contribution in [0.15, 0.2) is 146 Å². The lowest BCUT2D eigenvalue weighted by atomic mass is 9.99. The summed E-state index contributed by atoms with van der Waals surface area (Å²) in [6.45, 7) is 2.10. The normalized spacial score (nSPS) is 11.6. The van der Waals surface area contributed by atoms with Crippen LogP contribution < -0.4 is 5.73 Å². The van der Waals surface area contributed by atoms with E-state index in [0.29, 0.717) is 0 Å². The summed E-state index contributed by atoms with van der Waals surface area (Å²) >= 11 is 0. The Labute approximate surface area is 231 Å². The van der Waals surface area contributed by atoms with Crippen LogP contribution in [0.4, 0.5) is 0 Å². The molecule has 0 radical (unpaired) electrons. The highest BCUT2D eigenvalue weighted by molar-refractivity contribution is 6.09. The number of rotatable bonds is 6. The Bertz CT molecular complexity index is 1670. The summed E-state index contributed by atoms with van der Waals surface area (Å²) in [6.07, 6.45) is 7.58. The van der Waals surface area contributed by atoms with E-state index in [4.69, 9.17) is 0 Å². The number of allylic oxidation sites excluding steroid dienone is 4. The molecule has 192 valence electrons. The molecule has 1 heterocycles. The van der Waals surface area contributed by atoms with Gasteiger partial charge in [-0.3, -0.25) is 0 Å². The van der Waals surface area contributed by atoms with E-state index in [0.717, 1.165) is 6.42 Å². The van der Waals surface area contributed by atoms with Crippen molar-refractivity contribution in [1.29, 1.82) is 0 Å². The molecular weight excluding hydrogens is 472 g/mol. The molecule has 0 bridgehead atoms. The van der Waals surface area contributed by atoms with Gasteiger partial charge in [-0.15, -0.1) is 0 Å². The maximum Gasteiger partial charge on any atom is 0.0541 e. The number of fused-ring (bicyclic) bond motifs is 3. The van der Waals surface area contributed by atoms with Crippen molar-refractivity contribution in [2.75, 3.05) is 7.05 Å². The summed E-state index contributed by atoms with van der Waals surface area (Å²) in [5.41, 5.74) is 14.4. The molecule has 0 spiro atoms. The van der Waals surface area contributed by atoms with Gasteiger partial charge in [-0.2, -0.15) is 0 Å². The number of hydrogen-bond acceptors (Lipinski definition) is 1. The second-order valence-corrected chi connectivity index (χ2v) is 9.33. The van der Waals surface area contributed by atoms with E-state index in [1.54, 1.807) is 0 Å². The van der Waals surface area contributed by atoms with Crippen molar-refractivity contribution in [3.05, 3.63) is 157 Å². The number of nitrogens with zero attached hydrogens (tertiary/aromatic N) is 1. The first kappa shape index (κ1) is 26.0. The molecule has 39 heavy (non-hydrogen) atoms. The highest BCUT2D eigenvalue weighted by Crippen LogP contribution is 2.32. The van der Waals surface area contributed by atoms with Gasteiger partial charge in [-0.25, -0.2) is 0 Å². The Morgan fingerprint density at radius 2 is 1.13 bits per heavy atom. The fourth-order valence-electron chi connectivity index (χ4n) is 5.15. The predicted octanol–water partition coefficient (Wildman–Crippen LogP) is 9.23. The number of aromatic nitrogens is 1. The van der Waals surface area contributed by atoms with Crippen LogP contribution in [-0.4, -0.2) is 11.6 Å². The SMILES string of the molecule is C/C=C(\C=C/Cc1ccccc1)c1ccc(-c2ccc(-n3c4ccccc4c4ccccc43)cc2)cc1.CN. The van der Waals surface area contributed by atoms with Crippen molar-refractivity contribution in [1.82, 2.24) is 4.57 Å². The van der Waals surface area contributed by atoms with Gasteiger partial charge in [0.05, 0.1) is 11.0 Å². The van der Waals surface area contributed by atoms with E-state index >= 15 is 0 Å². The summed E-state index contributed by atoms with van der Waals surface area (Å²) in [5.74, 6) is 0. The third-order valence-corrected chi connectivity index (χ3v) is 7.06. The lowest BCUT2D eigenvalue weighted by Gasteiger charge is -2.10. The van der Waals surface area contributed by atoms with E-state index < -0.39 is 0 Å². The predicted molar refractivity (Wildman–Crippen MR) is 169 cm³/mol. The Morgan fingerprint density at radius 3 is 1.69 bits per heavy atom. The second-order valence-electron chi connectivity index (χ2n) is 9.33. The lowest BCUT2D eigenvalue weighted by molar-refractivity contribution is 1.18. The molecule has 0 aliphatic carbocycles. The molecule has 0 saturated carbocycles. The standard InChI is InChI=1S/C36H29N.CH5N/c1-2-28(14-10-13-27-11-4-3-5-12-27)29-19-21-30(22-20-29)31-23-25-32(26-24-31)37-35-17-8-6-15-33(35)34-16-7-9-18-36(34)37;1-2/h2-12,14-26H,13H2,1H3;2H2,1H3/b14-10-,28-2+;. The molecule has 2 nitrogen and oxygen atoms in total. The summed E-state index contributed by atoms with van der Waals surface area (Å²) in [4.78, 5) is 0. The molecule has 5 aromatic carbocycles. The minimum atomic E-state index is 0.939. The van der Waals surface area contributed by atoms with Crippen molar-refractivity contribution in [3.63, 3.8) is 0 Å². The van der Waals surface area contributed by atoms with E-state index in [2.05, 4.69) is 163 Å². The van der Waals surface area contributed by atoms with Crippen LogP contribution in [0, 0.1) is 0 Å². The molecule has 0 aliphatic heterocycles. The van der Waals surface area contributed by atoms with Gasteiger partial charge in [0.15, 0.2) is 0 Å². The quantitative estimate of drug-likeness (QED) is 0.224. The maximum absolute atomic E-state index is 4.50. The topological polar surface area (TPSA) is 30.9 Å². The summed E-state index contributed by atoms with van der Waals surface area (Å²) in [6, 6.07) is 45.7. The molecule has 6 rings (SSSR count). The van der Waals surface area contributed by atoms with Crippen molar-refractivity contribution in [3.8, 4) is 16.8 Å². The van der Waals surface area contributed by atoms with Gasteiger partial charge < -0.3 is 10.3 Å². The molecule has 1 aromatic heterocycles. The van der Waals surface area contributed by atoms with Crippen LogP contribution in [0.5, 0.6) is 0 Å². The number of nitrogens with two attached hydrogens (primary N) is 1. The average Bonchev–Trinajstić information content (AvgIpc) is 3.36. The highest BCUT2D eigenvalue weighted by atomic mass is 15.0. The molecule has 2 heteroatoms.